The van der Waals surface area contributed by atoms with Crippen LogP contribution in [0, 0.1) is 5.92 Å². The first-order valence-electron chi connectivity index (χ1n) is 19.1. The van der Waals surface area contributed by atoms with Gasteiger partial charge in [-0.25, -0.2) is 27.6 Å². The van der Waals surface area contributed by atoms with Crippen molar-refractivity contribution < 1.29 is 62.0 Å². The summed E-state index contributed by atoms with van der Waals surface area (Å²) in [5.41, 5.74) is 3.98. The number of guanidine groups is 1. The van der Waals surface area contributed by atoms with Gasteiger partial charge in [-0.1, -0.05) is 30.3 Å². The predicted octanol–water partition coefficient (Wildman–Crippen LogP) is 3.08. The number of hydrogen-bond acceptors (Lipinski definition) is 12. The van der Waals surface area contributed by atoms with Crippen LogP contribution in [0.15, 0.2) is 35.3 Å². The van der Waals surface area contributed by atoms with Crippen molar-refractivity contribution in [2.45, 2.75) is 104 Å². The summed E-state index contributed by atoms with van der Waals surface area (Å²) in [5, 5.41) is 2.46. The lowest BCUT2D eigenvalue weighted by Gasteiger charge is -2.40. The lowest BCUT2D eigenvalue weighted by atomic mass is 9.95. The molecule has 2 aliphatic heterocycles. The van der Waals surface area contributed by atoms with Gasteiger partial charge in [0.05, 0.1) is 12.8 Å². The van der Waals surface area contributed by atoms with Gasteiger partial charge in [0.25, 0.3) is 0 Å². The Bertz CT molecular complexity index is 1770. The Hall–Kier alpha value is -4.62. The minimum atomic E-state index is -4.36. The molecule has 0 aliphatic carbocycles. The summed E-state index contributed by atoms with van der Waals surface area (Å²) in [6.45, 7) is 9.87. The summed E-state index contributed by atoms with van der Waals surface area (Å²) in [7, 11) is -4.36. The molecule has 312 valence electrons. The van der Waals surface area contributed by atoms with Crippen LogP contribution in [-0.2, 0) is 49.8 Å². The summed E-state index contributed by atoms with van der Waals surface area (Å²) < 4.78 is 56.7. The number of imide groups is 1. The van der Waals surface area contributed by atoms with Crippen molar-refractivity contribution in [3.8, 4) is 0 Å². The summed E-state index contributed by atoms with van der Waals surface area (Å²) in [5.74, 6) is -2.44. The zero-order valence-electron chi connectivity index (χ0n) is 34.3. The van der Waals surface area contributed by atoms with Gasteiger partial charge in [-0.05, 0) is 58.9 Å². The molecule has 0 radical (unpaired) electrons. The number of rotatable bonds is 13. The standard InChI is InChI=1S/C37H56N6O12S/c1-25-13-12-20-43(25,32(38)47)31(46)30(21-28-14-10-9-11-15-28)42(56(8,50)51)22-29-16-18-41(19-17-29)33(39-34(48)54-36(4,5)23-52-26(2)44)40-35(49)55-37(6,7)24-53-27(3)45/h9-11,14-15,25,29-30H,12-13,16-24H2,1-8H3,(H2-,38,39,40,47,48,49)/p+1/t25-,30+,43?/m1/s1/i8D. The highest BCUT2D eigenvalue weighted by atomic mass is 32.2. The number of ether oxygens (including phenoxy) is 4. The number of sulfonamides is 1. The summed E-state index contributed by atoms with van der Waals surface area (Å²) in [6.07, 6.45) is -1.59. The number of alkyl carbamates (subject to hydrolysis) is 1. The van der Waals surface area contributed by atoms with Crippen LogP contribution in [0.1, 0.15) is 81.1 Å². The maximum absolute atomic E-state index is 14.6. The number of amides is 5. The third-order valence-electron chi connectivity index (χ3n) is 9.68. The van der Waals surface area contributed by atoms with E-state index < -0.39 is 80.1 Å². The number of aliphatic imine (C=N–C) groups is 1. The zero-order chi connectivity index (χ0) is 42.8. The number of esters is 2. The molecule has 18 nitrogen and oxygen atoms in total. The second kappa shape index (κ2) is 19.0. The zero-order valence-corrected chi connectivity index (χ0v) is 34.1. The van der Waals surface area contributed by atoms with E-state index in [1.165, 1.54) is 41.5 Å². The van der Waals surface area contributed by atoms with E-state index in [-0.39, 0.29) is 70.5 Å². The molecule has 5 amide bonds. The van der Waals surface area contributed by atoms with Crippen LogP contribution in [0.4, 0.5) is 14.4 Å². The second-order valence-corrected chi connectivity index (χ2v) is 17.1. The second-order valence-electron chi connectivity index (χ2n) is 15.5. The number of carbonyl (C=O) groups is 6. The average Bonchev–Trinajstić information content (AvgIpc) is 3.53. The van der Waals surface area contributed by atoms with Crippen molar-refractivity contribution in [1.82, 2.24) is 14.5 Å². The monoisotopic (exact) mass is 810 g/mol. The van der Waals surface area contributed by atoms with Crippen molar-refractivity contribution in [2.75, 3.05) is 45.6 Å². The molecular weight excluding hydrogens is 753 g/mol. The van der Waals surface area contributed by atoms with Crippen LogP contribution < -0.4 is 11.1 Å². The number of carbonyl (C=O) groups excluding carboxylic acids is 6. The fourth-order valence-electron chi connectivity index (χ4n) is 6.77. The van der Waals surface area contributed by atoms with E-state index in [2.05, 4.69) is 10.3 Å². The quantitative estimate of drug-likeness (QED) is 0.0961. The van der Waals surface area contributed by atoms with E-state index in [9.17, 15) is 37.2 Å². The van der Waals surface area contributed by atoms with Crippen molar-refractivity contribution >= 4 is 52.0 Å². The van der Waals surface area contributed by atoms with E-state index >= 15 is 0 Å². The maximum atomic E-state index is 14.6. The summed E-state index contributed by atoms with van der Waals surface area (Å²) in [4.78, 5) is 82.0. The van der Waals surface area contributed by atoms with Gasteiger partial charge in [-0.3, -0.25) is 14.9 Å². The van der Waals surface area contributed by atoms with Gasteiger partial charge in [0.15, 0.2) is 0 Å². The first kappa shape index (κ1) is 44.1. The number of nitrogens with one attached hydrogen (secondary N) is 1. The van der Waals surface area contributed by atoms with Gasteiger partial charge in [0.2, 0.25) is 16.0 Å². The Labute approximate surface area is 330 Å². The molecule has 0 bridgehead atoms. The average molecular weight is 811 g/mol. The van der Waals surface area contributed by atoms with Crippen molar-refractivity contribution in [3.63, 3.8) is 0 Å². The number of quaternary nitrogens is 1. The lowest BCUT2D eigenvalue weighted by molar-refractivity contribution is -0.784. The predicted molar refractivity (Wildman–Crippen MR) is 203 cm³/mol. The number of hydrogen-bond donors (Lipinski definition) is 2. The first-order chi connectivity index (χ1) is 26.5. The van der Waals surface area contributed by atoms with Gasteiger partial charge < -0.3 is 29.6 Å². The number of benzene rings is 1. The van der Waals surface area contributed by atoms with Gasteiger partial charge in [-0.2, -0.15) is 8.79 Å². The Kier molecular flexibility index (Phi) is 15.0. The molecule has 2 saturated heterocycles. The number of nitrogens with zero attached hydrogens (tertiary/aromatic N) is 4. The molecule has 2 fully saturated rings. The fourth-order valence-corrected chi connectivity index (χ4v) is 7.76. The van der Waals surface area contributed by atoms with Crippen LogP contribution in [-0.4, -0.2) is 133 Å². The highest BCUT2D eigenvalue weighted by Gasteiger charge is 2.55. The largest absolute Gasteiger partial charge is 0.462 e. The molecule has 19 heteroatoms. The lowest BCUT2D eigenvalue weighted by Crippen LogP contribution is -2.67. The third-order valence-corrected chi connectivity index (χ3v) is 10.8. The molecule has 1 unspecified atom stereocenters. The van der Waals surface area contributed by atoms with Gasteiger partial charge >= 0.3 is 36.1 Å². The first-order valence-corrected chi connectivity index (χ1v) is 20.0. The molecular formula is C37H57N6O12S+. The van der Waals surface area contributed by atoms with Crippen LogP contribution in [0.5, 0.6) is 0 Å². The highest BCUT2D eigenvalue weighted by molar-refractivity contribution is 7.88. The van der Waals surface area contributed by atoms with E-state index in [0.717, 1.165) is 4.31 Å². The summed E-state index contributed by atoms with van der Waals surface area (Å²) in [6, 6.07) is 6.13. The molecule has 0 spiro atoms. The van der Waals surface area contributed by atoms with E-state index in [1.54, 1.807) is 42.2 Å². The molecule has 3 atom stereocenters. The minimum absolute atomic E-state index is 0.0513. The highest BCUT2D eigenvalue weighted by Crippen LogP contribution is 2.32. The minimum Gasteiger partial charge on any atom is -0.462 e. The van der Waals surface area contributed by atoms with Crippen molar-refractivity contribution in [3.05, 3.63) is 35.9 Å². The molecule has 0 aromatic heterocycles. The number of urea groups is 1. The Morgan fingerprint density at radius 3 is 2.05 bits per heavy atom. The topological polar surface area (TPSA) is 230 Å². The van der Waals surface area contributed by atoms with Gasteiger partial charge in [0, 0.05) is 54.1 Å². The van der Waals surface area contributed by atoms with Crippen molar-refractivity contribution in [2.24, 2.45) is 16.6 Å². The molecule has 2 aliphatic rings. The molecule has 1 aromatic carbocycles. The maximum Gasteiger partial charge on any atom is 0.437 e. The smallest absolute Gasteiger partial charge is 0.437 e. The van der Waals surface area contributed by atoms with Crippen LogP contribution in [0.2, 0.25) is 0 Å². The molecule has 0 saturated carbocycles. The van der Waals surface area contributed by atoms with E-state index in [1.807, 2.05) is 0 Å². The number of likely N-dealkylation sites (tertiary alicyclic amines) is 2. The third kappa shape index (κ3) is 13.0. The molecule has 3 N–H and O–H groups in total. The molecule has 2 heterocycles. The number of primary amides is 1. The van der Waals surface area contributed by atoms with Crippen LogP contribution in [0.25, 0.3) is 0 Å². The molecule has 56 heavy (non-hydrogen) atoms. The van der Waals surface area contributed by atoms with E-state index in [4.69, 9.17) is 26.1 Å². The van der Waals surface area contributed by atoms with Crippen molar-refractivity contribution in [1.29, 1.82) is 0 Å². The normalized spacial score (nSPS) is 20.4. The van der Waals surface area contributed by atoms with Gasteiger partial charge in [0.1, 0.15) is 36.5 Å². The Morgan fingerprint density at radius 1 is 0.982 bits per heavy atom. The van der Waals surface area contributed by atoms with Crippen LogP contribution >= 0.6 is 0 Å². The molecule has 3 rings (SSSR count). The number of nitrogens with two attached hydrogens (primary N) is 1. The summed E-state index contributed by atoms with van der Waals surface area (Å²) >= 11 is 0. The van der Waals surface area contributed by atoms with Gasteiger partial charge in [-0.15, -0.1) is 4.99 Å². The molecule has 1 aromatic rings. The number of piperidine rings is 1. The Balaban J connectivity index is 1.92. The Morgan fingerprint density at radius 2 is 1.55 bits per heavy atom. The SMILES string of the molecule is [2H]CS(=O)(=O)N(CC1CCN(C(=NC(=O)OC(C)(C)COC(C)=O)NC(=O)OC(C)(C)COC(C)=O)CC1)[C@@H](Cc1ccccc1)C(=O)[N+]1(C(N)=O)CCC[C@H]1C. The fraction of sp³-hybridized carbons (Fsp3) is 0.649. The van der Waals surface area contributed by atoms with E-state index in [0.29, 0.717) is 18.4 Å². The van der Waals surface area contributed by atoms with Crippen LogP contribution in [0.3, 0.4) is 0 Å².